The van der Waals surface area contributed by atoms with Crippen LogP contribution >= 0.6 is 0 Å². The molecule has 0 aromatic heterocycles. The van der Waals surface area contributed by atoms with E-state index in [-0.39, 0.29) is 35.6 Å². The Hall–Kier alpha value is -0.877. The quantitative estimate of drug-likeness (QED) is 0.320. The Morgan fingerprint density at radius 2 is 1.44 bits per heavy atom. The molecule has 0 nitrogen and oxygen atoms in total. The van der Waals surface area contributed by atoms with E-state index in [0.29, 0.717) is 0 Å². The summed E-state index contributed by atoms with van der Waals surface area (Å²) in [5, 5.41) is 0. The minimum absolute atomic E-state index is 0. The van der Waals surface area contributed by atoms with Gasteiger partial charge in [0.25, 0.3) is 0 Å². The number of halogens is 2. The van der Waals surface area contributed by atoms with E-state index in [2.05, 4.69) is 88.6 Å². The Bertz CT molecular complexity index is 864. The van der Waals surface area contributed by atoms with Gasteiger partial charge in [0, 0.05) is 0 Å². The van der Waals surface area contributed by atoms with Crippen LogP contribution in [0.4, 0.5) is 0 Å². The molecule has 0 amide bonds. The summed E-state index contributed by atoms with van der Waals surface area (Å²) in [7, 11) is 0. The molecule has 1 aliphatic carbocycles. The molecule has 0 radical (unpaired) electrons. The van der Waals surface area contributed by atoms with Gasteiger partial charge in [-0.15, -0.1) is 5.56 Å². The summed E-state index contributed by atoms with van der Waals surface area (Å²) in [6.45, 7) is 15.8. The second-order valence-corrected chi connectivity index (χ2v) is 10.9. The number of rotatable bonds is 1. The van der Waals surface area contributed by atoms with E-state index in [4.69, 9.17) is 0 Å². The van der Waals surface area contributed by atoms with Crippen LogP contribution in [0, 0.1) is 6.07 Å². The topological polar surface area (TPSA) is 0 Å². The molecule has 1 aliphatic rings. The predicted molar refractivity (Wildman–Crippen MR) is 129 cm³/mol. The van der Waals surface area contributed by atoms with Crippen molar-refractivity contribution in [2.75, 3.05) is 0 Å². The fraction of sp³-hybridized carbons (Fsp3) is 0.379. The van der Waals surface area contributed by atoms with Gasteiger partial charge in [-0.2, -0.15) is 47.5 Å². The molecule has 32 heavy (non-hydrogen) atoms. The summed E-state index contributed by atoms with van der Waals surface area (Å²) >= 11 is 1.54. The van der Waals surface area contributed by atoms with Crippen LogP contribution in [0.15, 0.2) is 60.7 Å². The van der Waals surface area contributed by atoms with Crippen LogP contribution in [0.2, 0.25) is 0 Å². The van der Waals surface area contributed by atoms with E-state index in [0.717, 1.165) is 6.42 Å². The van der Waals surface area contributed by atoms with Crippen molar-refractivity contribution in [2.45, 2.75) is 72.1 Å². The maximum absolute atomic E-state index is 3.53. The van der Waals surface area contributed by atoms with Crippen LogP contribution in [-0.2, 0) is 41.5 Å². The summed E-state index contributed by atoms with van der Waals surface area (Å²) in [4.78, 5) is 0. The minimum atomic E-state index is 0. The third-order valence-corrected chi connectivity index (χ3v) is 6.29. The third-order valence-electron chi connectivity index (χ3n) is 5.29. The van der Waals surface area contributed by atoms with Gasteiger partial charge in [0.15, 0.2) is 0 Å². The summed E-state index contributed by atoms with van der Waals surface area (Å²) in [6.07, 6.45) is 2.26. The molecule has 3 aromatic rings. The monoisotopic (exact) mass is 544 g/mol. The SMILES string of the molecule is CC(C)(C)c1c[c-]c2c(c1)-c1cc(C(C)(C)C)ccc1C2.CC[CH]=[Zr+2].[Cl-].[Cl-].c1cc[cH-]c1. The van der Waals surface area contributed by atoms with Crippen LogP contribution in [-0.4, -0.2) is 3.71 Å². The standard InChI is InChI=1S/C21H25.C5H5.C3H6.2ClH.Zr/c1-20(2,3)16-9-7-14-11-15-8-10-17(21(4,5)6)13-19(15)18(14)12-16;1-2-4-5-3-1;1-3-2;;;/h7,9-10,12-13H,11H2,1-6H3;1-5H;1H,3H2,2H3;2*1H;/q2*-1;;;;+2/p-2. The molecule has 0 atom stereocenters. The molecule has 3 heteroatoms. The normalized spacial score (nSPS) is 11.3. The molecule has 4 rings (SSSR count). The van der Waals surface area contributed by atoms with E-state index in [9.17, 15) is 0 Å². The predicted octanol–water partition coefficient (Wildman–Crippen LogP) is 1.81. The maximum Gasteiger partial charge on any atom is -0.172 e. The van der Waals surface area contributed by atoms with E-state index in [1.165, 1.54) is 39.8 Å². The zero-order chi connectivity index (χ0) is 22.4. The molecule has 0 N–H and O–H groups in total. The first kappa shape index (κ1) is 31.1. The Morgan fingerprint density at radius 3 is 1.88 bits per heavy atom. The third kappa shape index (κ3) is 8.81. The molecule has 3 aromatic carbocycles. The second-order valence-electron chi connectivity index (χ2n) is 9.90. The van der Waals surface area contributed by atoms with Gasteiger partial charge in [-0.05, 0) is 17.4 Å². The zero-order valence-electron chi connectivity index (χ0n) is 20.5. The molecular formula is C29H36Cl2Zr-2. The average Bonchev–Trinajstić information content (AvgIpc) is 3.37. The summed E-state index contributed by atoms with van der Waals surface area (Å²) in [5.74, 6) is 0. The molecule has 172 valence electrons. The summed E-state index contributed by atoms with van der Waals surface area (Å²) in [6, 6.07) is 25.1. The Morgan fingerprint density at radius 1 is 0.906 bits per heavy atom. The van der Waals surface area contributed by atoms with Crippen molar-refractivity contribution in [3.05, 3.63) is 89.0 Å². The molecular weight excluding hydrogens is 510 g/mol. The molecule has 0 bridgehead atoms. The van der Waals surface area contributed by atoms with Gasteiger partial charge in [-0.25, -0.2) is 12.1 Å². The summed E-state index contributed by atoms with van der Waals surface area (Å²) < 4.78 is 2.22. The van der Waals surface area contributed by atoms with E-state index < -0.39 is 0 Å². The molecule has 0 spiro atoms. The Balaban J connectivity index is 0.000000739. The van der Waals surface area contributed by atoms with Crippen molar-refractivity contribution in [1.29, 1.82) is 0 Å². The van der Waals surface area contributed by atoms with Gasteiger partial charge in [0.05, 0.1) is 0 Å². The molecule has 0 aliphatic heterocycles. The van der Waals surface area contributed by atoms with Crippen molar-refractivity contribution >= 4 is 3.71 Å². The minimum Gasteiger partial charge on any atom is -1.00 e. The number of hydrogen-bond donors (Lipinski definition) is 0. The van der Waals surface area contributed by atoms with Crippen LogP contribution in [0.25, 0.3) is 11.1 Å². The van der Waals surface area contributed by atoms with Crippen molar-refractivity contribution < 1.29 is 49.0 Å². The summed E-state index contributed by atoms with van der Waals surface area (Å²) in [5.41, 5.74) is 8.76. The largest absolute Gasteiger partial charge is 1.00 e. The van der Waals surface area contributed by atoms with E-state index >= 15 is 0 Å². The maximum atomic E-state index is 3.53. The molecule has 0 unspecified atom stereocenters. The van der Waals surface area contributed by atoms with Gasteiger partial charge in [-0.3, -0.25) is 0 Å². The molecule has 0 fully saturated rings. The molecule has 0 saturated heterocycles. The van der Waals surface area contributed by atoms with Gasteiger partial charge in [-0.1, -0.05) is 76.3 Å². The van der Waals surface area contributed by atoms with Crippen molar-refractivity contribution in [3.63, 3.8) is 0 Å². The average molecular weight is 547 g/mol. The fourth-order valence-electron chi connectivity index (χ4n) is 3.31. The fourth-order valence-corrected chi connectivity index (χ4v) is 3.31. The Labute approximate surface area is 223 Å². The molecule has 0 saturated carbocycles. The Kier molecular flexibility index (Phi) is 13.4. The van der Waals surface area contributed by atoms with Gasteiger partial charge in [0.2, 0.25) is 0 Å². The van der Waals surface area contributed by atoms with Gasteiger partial charge >= 0.3 is 41.3 Å². The van der Waals surface area contributed by atoms with E-state index in [1.54, 1.807) is 24.2 Å². The first-order valence-electron chi connectivity index (χ1n) is 10.9. The first-order chi connectivity index (χ1) is 14.1. The van der Waals surface area contributed by atoms with Crippen LogP contribution in [0.3, 0.4) is 0 Å². The van der Waals surface area contributed by atoms with E-state index in [1.807, 2.05) is 30.3 Å². The van der Waals surface area contributed by atoms with Crippen LogP contribution in [0.1, 0.15) is 77.1 Å². The van der Waals surface area contributed by atoms with Crippen LogP contribution in [0.5, 0.6) is 0 Å². The van der Waals surface area contributed by atoms with Crippen molar-refractivity contribution in [3.8, 4) is 11.1 Å². The first-order valence-corrected chi connectivity index (χ1v) is 12.3. The van der Waals surface area contributed by atoms with Gasteiger partial charge in [0.1, 0.15) is 0 Å². The van der Waals surface area contributed by atoms with Crippen molar-refractivity contribution in [2.24, 2.45) is 0 Å². The van der Waals surface area contributed by atoms with Crippen molar-refractivity contribution in [1.82, 2.24) is 0 Å². The smallest absolute Gasteiger partial charge is 0.172 e. The second kappa shape index (κ2) is 13.7. The zero-order valence-corrected chi connectivity index (χ0v) is 24.5. The number of hydrogen-bond acceptors (Lipinski definition) is 0. The van der Waals surface area contributed by atoms with Crippen LogP contribution < -0.4 is 24.8 Å². The number of fused-ring (bicyclic) bond motifs is 3. The van der Waals surface area contributed by atoms with Gasteiger partial charge < -0.3 is 24.8 Å². The molecule has 0 heterocycles. The number of benzene rings is 2.